The average molecular weight is 529 g/mol. The van der Waals surface area contributed by atoms with Crippen molar-refractivity contribution in [2.24, 2.45) is 0 Å². The molecule has 1 unspecified atom stereocenters. The molecule has 0 radical (unpaired) electrons. The van der Waals surface area contributed by atoms with E-state index < -0.39 is 6.04 Å². The highest BCUT2D eigenvalue weighted by Gasteiger charge is 2.27. The fourth-order valence-corrected chi connectivity index (χ4v) is 4.98. The van der Waals surface area contributed by atoms with Crippen LogP contribution in [0.15, 0.2) is 82.5 Å². The Morgan fingerprint density at radius 1 is 1.00 bits per heavy atom. The van der Waals surface area contributed by atoms with Crippen molar-refractivity contribution in [2.75, 3.05) is 18.1 Å². The Labute approximate surface area is 229 Å². The smallest absolute Gasteiger partial charge is 0.315 e. The number of urea groups is 1. The number of hydrogen-bond donors (Lipinski definition) is 1. The second-order valence-corrected chi connectivity index (χ2v) is 10.3. The maximum absolute atomic E-state index is 13.8. The molecule has 0 aliphatic heterocycles. The lowest BCUT2D eigenvalue weighted by Crippen LogP contribution is -2.40. The van der Waals surface area contributed by atoms with Crippen molar-refractivity contribution in [1.29, 1.82) is 0 Å². The Balaban J connectivity index is 1.78. The third-order valence-corrected chi connectivity index (χ3v) is 7.59. The molecule has 3 aromatic carbocycles. The lowest BCUT2D eigenvalue weighted by molar-refractivity contribution is 0.187. The molecule has 4 aromatic rings. The van der Waals surface area contributed by atoms with Gasteiger partial charge in [-0.3, -0.25) is 9.36 Å². The van der Waals surface area contributed by atoms with Gasteiger partial charge >= 0.3 is 6.03 Å². The van der Waals surface area contributed by atoms with Crippen molar-refractivity contribution in [3.8, 4) is 5.69 Å². The number of fused-ring (bicyclic) bond motifs is 1. The van der Waals surface area contributed by atoms with Gasteiger partial charge in [0.15, 0.2) is 0 Å². The summed E-state index contributed by atoms with van der Waals surface area (Å²) < 4.78 is 1.67. The number of aromatic nitrogens is 2. The number of amides is 2. The number of benzene rings is 3. The van der Waals surface area contributed by atoms with Gasteiger partial charge in [-0.25, -0.2) is 9.78 Å². The van der Waals surface area contributed by atoms with Crippen molar-refractivity contribution in [3.63, 3.8) is 0 Å². The Kier molecular flexibility index (Phi) is 9.24. The zero-order valence-corrected chi connectivity index (χ0v) is 23.4. The van der Waals surface area contributed by atoms with Gasteiger partial charge in [0.25, 0.3) is 5.56 Å². The maximum atomic E-state index is 13.8. The summed E-state index contributed by atoms with van der Waals surface area (Å²) in [4.78, 5) is 35.4. The van der Waals surface area contributed by atoms with Crippen molar-refractivity contribution in [1.82, 2.24) is 14.5 Å². The Morgan fingerprint density at radius 2 is 1.71 bits per heavy atom. The normalized spacial score (nSPS) is 11.9. The third-order valence-electron chi connectivity index (χ3n) is 6.85. The van der Waals surface area contributed by atoms with Crippen LogP contribution in [-0.4, -0.2) is 33.3 Å². The molecule has 2 amide bonds. The Bertz CT molecular complexity index is 1430. The molecule has 0 spiro atoms. The summed E-state index contributed by atoms with van der Waals surface area (Å²) >= 11 is 1.66. The van der Waals surface area contributed by atoms with Gasteiger partial charge < -0.3 is 10.2 Å². The molecule has 38 heavy (non-hydrogen) atoms. The third kappa shape index (κ3) is 6.10. The number of carbonyl (C=O) groups is 1. The van der Waals surface area contributed by atoms with Gasteiger partial charge in [-0.1, -0.05) is 51.0 Å². The first-order valence-corrected chi connectivity index (χ1v) is 14.5. The largest absolute Gasteiger partial charge is 0.322 e. The molecule has 198 valence electrons. The van der Waals surface area contributed by atoms with Crippen molar-refractivity contribution >= 4 is 34.4 Å². The van der Waals surface area contributed by atoms with Crippen LogP contribution < -0.4 is 10.9 Å². The Morgan fingerprint density at radius 3 is 2.37 bits per heavy atom. The van der Waals surface area contributed by atoms with Crippen molar-refractivity contribution in [2.45, 2.75) is 57.4 Å². The number of aryl methyl sites for hydroxylation is 1. The molecule has 0 aliphatic carbocycles. The van der Waals surface area contributed by atoms with E-state index in [1.807, 2.05) is 79.9 Å². The van der Waals surface area contributed by atoms with Gasteiger partial charge in [-0.15, -0.1) is 11.8 Å². The minimum atomic E-state index is -0.444. The molecule has 0 saturated heterocycles. The Hall–Kier alpha value is -3.58. The molecule has 0 fully saturated rings. The monoisotopic (exact) mass is 528 g/mol. The maximum Gasteiger partial charge on any atom is 0.322 e. The lowest BCUT2D eigenvalue weighted by atomic mass is 10.1. The molecule has 7 heteroatoms. The van der Waals surface area contributed by atoms with Gasteiger partial charge in [0.1, 0.15) is 5.82 Å². The molecule has 1 atom stereocenters. The predicted molar refractivity (Wildman–Crippen MR) is 159 cm³/mol. The molecular formula is C31H36N4O2S. The number of carbonyl (C=O) groups excluding carboxylic acids is 1. The van der Waals surface area contributed by atoms with E-state index in [4.69, 9.17) is 4.98 Å². The standard InChI is InChI=1S/C31H36N4O2S/c1-5-7-10-21-34(31(37)32-24-15-19-26(38-4)20-16-24)22(3)29-33-28-12-9-8-11-27(28)30(36)35(29)25-17-13-23(6-2)14-18-25/h8-9,11-20,22H,5-7,10,21H2,1-4H3,(H,32,37). The summed E-state index contributed by atoms with van der Waals surface area (Å²) in [5, 5.41) is 3.61. The quantitative estimate of drug-likeness (QED) is 0.171. The SMILES string of the molecule is CCCCCN(C(=O)Nc1ccc(SC)cc1)C(C)c1nc2ccccc2c(=O)n1-c1ccc(CC)cc1. The van der Waals surface area contributed by atoms with E-state index in [1.165, 1.54) is 5.56 Å². The number of thioether (sulfide) groups is 1. The molecular weight excluding hydrogens is 492 g/mol. The highest BCUT2D eigenvalue weighted by Crippen LogP contribution is 2.25. The fourth-order valence-electron chi connectivity index (χ4n) is 4.57. The van der Waals surface area contributed by atoms with E-state index >= 15 is 0 Å². The first kappa shape index (κ1) is 27.5. The summed E-state index contributed by atoms with van der Waals surface area (Å²) in [6.07, 6.45) is 5.86. The van der Waals surface area contributed by atoms with E-state index in [2.05, 4.69) is 19.2 Å². The van der Waals surface area contributed by atoms with Crippen LogP contribution in [-0.2, 0) is 6.42 Å². The minimum absolute atomic E-state index is 0.136. The number of unbranched alkanes of at least 4 members (excludes halogenated alkanes) is 2. The van der Waals surface area contributed by atoms with Crippen LogP contribution in [0.5, 0.6) is 0 Å². The molecule has 0 saturated carbocycles. The highest BCUT2D eigenvalue weighted by atomic mass is 32.2. The lowest BCUT2D eigenvalue weighted by Gasteiger charge is -2.31. The van der Waals surface area contributed by atoms with Crippen LogP contribution >= 0.6 is 11.8 Å². The predicted octanol–water partition coefficient (Wildman–Crippen LogP) is 7.46. The number of rotatable bonds is 10. The van der Waals surface area contributed by atoms with Gasteiger partial charge in [-0.05, 0) is 80.1 Å². The summed E-state index contributed by atoms with van der Waals surface area (Å²) in [6, 6.07) is 22.6. The summed E-state index contributed by atoms with van der Waals surface area (Å²) in [5.74, 6) is 0.544. The van der Waals surface area contributed by atoms with Crippen LogP contribution in [0, 0.1) is 0 Å². The summed E-state index contributed by atoms with van der Waals surface area (Å²) in [5.41, 5.74) is 3.16. The van der Waals surface area contributed by atoms with Gasteiger partial charge in [-0.2, -0.15) is 0 Å². The van der Waals surface area contributed by atoms with Crippen molar-refractivity contribution in [3.05, 3.63) is 94.5 Å². The van der Waals surface area contributed by atoms with Crippen LogP contribution in [0.1, 0.15) is 57.5 Å². The number of nitrogens with one attached hydrogen (secondary N) is 1. The number of para-hydroxylation sites is 1. The molecule has 1 heterocycles. The van der Waals surface area contributed by atoms with Crippen molar-refractivity contribution < 1.29 is 4.79 Å². The molecule has 1 aromatic heterocycles. The molecule has 1 N–H and O–H groups in total. The first-order valence-electron chi connectivity index (χ1n) is 13.3. The number of anilines is 1. The first-order chi connectivity index (χ1) is 18.5. The molecule has 0 aliphatic rings. The second-order valence-electron chi connectivity index (χ2n) is 9.38. The fraction of sp³-hybridized carbons (Fsp3) is 0.323. The van der Waals surface area contributed by atoms with E-state index in [0.717, 1.165) is 42.0 Å². The van der Waals surface area contributed by atoms with Gasteiger partial charge in [0.05, 0.1) is 22.6 Å². The summed E-state index contributed by atoms with van der Waals surface area (Å²) in [6.45, 7) is 6.76. The molecule has 6 nitrogen and oxygen atoms in total. The van der Waals surface area contributed by atoms with E-state index in [0.29, 0.717) is 23.3 Å². The number of nitrogens with zero attached hydrogens (tertiary/aromatic N) is 3. The van der Waals surface area contributed by atoms with E-state index in [9.17, 15) is 9.59 Å². The van der Waals surface area contributed by atoms with Gasteiger partial charge in [0, 0.05) is 17.1 Å². The van der Waals surface area contributed by atoms with E-state index in [-0.39, 0.29) is 11.6 Å². The van der Waals surface area contributed by atoms with Crippen LogP contribution in [0.25, 0.3) is 16.6 Å². The van der Waals surface area contributed by atoms with Crippen LogP contribution in [0.3, 0.4) is 0 Å². The summed E-state index contributed by atoms with van der Waals surface area (Å²) in [7, 11) is 0. The molecule has 4 rings (SSSR count). The minimum Gasteiger partial charge on any atom is -0.315 e. The van der Waals surface area contributed by atoms with Gasteiger partial charge in [0.2, 0.25) is 0 Å². The highest BCUT2D eigenvalue weighted by molar-refractivity contribution is 7.98. The number of hydrogen-bond acceptors (Lipinski definition) is 4. The molecule has 0 bridgehead atoms. The van der Waals surface area contributed by atoms with Crippen LogP contribution in [0.2, 0.25) is 0 Å². The second kappa shape index (κ2) is 12.8. The average Bonchev–Trinajstić information content (AvgIpc) is 2.95. The zero-order chi connectivity index (χ0) is 27.1. The topological polar surface area (TPSA) is 67.2 Å². The zero-order valence-electron chi connectivity index (χ0n) is 22.6. The van der Waals surface area contributed by atoms with E-state index in [1.54, 1.807) is 27.3 Å². The van der Waals surface area contributed by atoms with Crippen LogP contribution in [0.4, 0.5) is 10.5 Å².